The van der Waals surface area contributed by atoms with E-state index < -0.39 is 0 Å². The minimum absolute atomic E-state index is 0.543. The van der Waals surface area contributed by atoms with Gasteiger partial charge < -0.3 is 4.74 Å². The van der Waals surface area contributed by atoms with E-state index in [0.717, 1.165) is 11.2 Å². The molecule has 90 valence electrons. The molecule has 0 N–H and O–H groups in total. The molecule has 1 aromatic carbocycles. The fourth-order valence-corrected chi connectivity index (χ4v) is 3.87. The van der Waals surface area contributed by atoms with Crippen molar-refractivity contribution in [3.05, 3.63) is 47.1 Å². The summed E-state index contributed by atoms with van der Waals surface area (Å²) in [5, 5.41) is 0. The highest BCUT2D eigenvalue weighted by atomic mass is 127. The molecule has 17 heavy (non-hydrogen) atoms. The second kappa shape index (κ2) is 6.66. The molecule has 0 bridgehead atoms. The van der Waals surface area contributed by atoms with Gasteiger partial charge in [0.15, 0.2) is 3.83 Å². The molecule has 2 rings (SSSR count). The van der Waals surface area contributed by atoms with Crippen molar-refractivity contribution in [2.75, 3.05) is 0 Å². The Hall–Kier alpha value is 0.580. The monoisotopic (exact) mass is 566 g/mol. The lowest BCUT2D eigenvalue weighted by atomic mass is 10.2. The lowest BCUT2D eigenvalue weighted by Gasteiger charge is -2.07. The quantitative estimate of drug-likeness (QED) is 0.527. The van der Waals surface area contributed by atoms with Crippen molar-refractivity contribution in [1.29, 1.82) is 0 Å². The number of nitrogens with zero attached hydrogens (tertiary/aromatic N) is 2. The highest BCUT2D eigenvalue weighted by Crippen LogP contribution is 2.18. The Morgan fingerprint density at radius 1 is 1.12 bits per heavy atom. The normalized spacial score (nSPS) is 10.8. The van der Waals surface area contributed by atoms with Crippen LogP contribution in [0.5, 0.6) is 0 Å². The van der Waals surface area contributed by atoms with Gasteiger partial charge in [0.2, 0.25) is 0 Å². The second-order valence-electron chi connectivity index (χ2n) is 3.35. The zero-order valence-corrected chi connectivity index (χ0v) is 15.2. The summed E-state index contributed by atoms with van der Waals surface area (Å²) in [7, 11) is 0. The van der Waals surface area contributed by atoms with Crippen molar-refractivity contribution < 1.29 is 4.74 Å². The SMILES string of the molecule is Ic1nc(I)n(COCc2ccccc2)c1I. The van der Waals surface area contributed by atoms with Crippen LogP contribution >= 0.6 is 67.8 Å². The van der Waals surface area contributed by atoms with Crippen LogP contribution in [0.25, 0.3) is 0 Å². The summed E-state index contributed by atoms with van der Waals surface area (Å²) in [6, 6.07) is 10.2. The van der Waals surface area contributed by atoms with E-state index in [1.807, 2.05) is 18.2 Å². The van der Waals surface area contributed by atoms with Crippen LogP contribution < -0.4 is 0 Å². The Morgan fingerprint density at radius 3 is 2.41 bits per heavy atom. The summed E-state index contributed by atoms with van der Waals surface area (Å²) in [6.45, 7) is 1.17. The summed E-state index contributed by atoms with van der Waals surface area (Å²) in [5.74, 6) is 0. The molecule has 0 amide bonds. The molecule has 0 fully saturated rings. The first-order valence-corrected chi connectivity index (χ1v) is 8.11. The molecule has 1 aromatic heterocycles. The van der Waals surface area contributed by atoms with Crippen LogP contribution in [0.2, 0.25) is 0 Å². The van der Waals surface area contributed by atoms with Gasteiger partial charge >= 0.3 is 0 Å². The third-order valence-electron chi connectivity index (χ3n) is 2.15. The zero-order valence-electron chi connectivity index (χ0n) is 8.74. The highest BCUT2D eigenvalue weighted by Gasteiger charge is 2.10. The van der Waals surface area contributed by atoms with Gasteiger partial charge in [-0.25, -0.2) is 4.98 Å². The van der Waals surface area contributed by atoms with Crippen LogP contribution in [0, 0.1) is 11.2 Å². The molecule has 0 aliphatic heterocycles. The van der Waals surface area contributed by atoms with Crippen LogP contribution in [0.3, 0.4) is 0 Å². The topological polar surface area (TPSA) is 27.1 Å². The first kappa shape index (κ1) is 14.0. The predicted octanol–water partition coefficient (Wildman–Crippen LogP) is 3.87. The smallest absolute Gasteiger partial charge is 0.175 e. The number of aromatic nitrogens is 2. The van der Waals surface area contributed by atoms with Crippen LogP contribution in [-0.4, -0.2) is 9.55 Å². The van der Waals surface area contributed by atoms with Crippen molar-refractivity contribution in [3.8, 4) is 0 Å². The van der Waals surface area contributed by atoms with E-state index in [9.17, 15) is 0 Å². The first-order chi connectivity index (χ1) is 8.18. The Bertz CT molecular complexity index is 499. The van der Waals surface area contributed by atoms with Crippen molar-refractivity contribution >= 4 is 67.8 Å². The minimum atomic E-state index is 0.543. The van der Waals surface area contributed by atoms with Gasteiger partial charge in [-0.2, -0.15) is 0 Å². The van der Waals surface area contributed by atoms with E-state index in [-0.39, 0.29) is 0 Å². The van der Waals surface area contributed by atoms with E-state index in [0.29, 0.717) is 13.3 Å². The molecule has 1 heterocycles. The second-order valence-corrected chi connectivity index (χ2v) is 6.36. The van der Waals surface area contributed by atoms with Crippen molar-refractivity contribution in [3.63, 3.8) is 0 Å². The molecule has 0 spiro atoms. The number of rotatable bonds is 4. The number of benzene rings is 1. The molecule has 0 unspecified atom stereocenters. The van der Waals surface area contributed by atoms with Crippen LogP contribution in [-0.2, 0) is 18.1 Å². The molecule has 0 aliphatic rings. The Morgan fingerprint density at radius 2 is 1.82 bits per heavy atom. The standard InChI is InChI=1S/C11H9I3N2O/c12-9-10(13)16(11(14)15-9)7-17-6-8-4-2-1-3-5-8/h1-5H,6-7H2. The average molecular weight is 566 g/mol. The molecule has 0 saturated carbocycles. The fourth-order valence-electron chi connectivity index (χ4n) is 1.32. The predicted molar refractivity (Wildman–Crippen MR) is 91.6 cm³/mol. The zero-order chi connectivity index (χ0) is 12.3. The van der Waals surface area contributed by atoms with E-state index in [4.69, 9.17) is 4.74 Å². The summed E-state index contributed by atoms with van der Waals surface area (Å²) in [4.78, 5) is 4.39. The molecule has 0 radical (unpaired) electrons. The van der Waals surface area contributed by atoms with Crippen molar-refractivity contribution in [2.24, 2.45) is 0 Å². The summed E-state index contributed by atoms with van der Waals surface area (Å²) >= 11 is 6.75. The van der Waals surface area contributed by atoms with E-state index in [1.54, 1.807) is 0 Å². The van der Waals surface area contributed by atoms with Crippen LogP contribution in [0.4, 0.5) is 0 Å². The van der Waals surface area contributed by atoms with Crippen molar-refractivity contribution in [2.45, 2.75) is 13.3 Å². The molecule has 6 heteroatoms. The number of ether oxygens (including phenoxy) is 1. The van der Waals surface area contributed by atoms with Gasteiger partial charge in [-0.05, 0) is 50.7 Å². The van der Waals surface area contributed by atoms with E-state index in [2.05, 4.69) is 89.5 Å². The Balaban J connectivity index is 1.95. The molecular weight excluding hydrogens is 557 g/mol. The third-order valence-corrected chi connectivity index (χ3v) is 5.85. The first-order valence-electron chi connectivity index (χ1n) is 4.87. The summed E-state index contributed by atoms with van der Waals surface area (Å²) in [6.07, 6.45) is 0. The minimum Gasteiger partial charge on any atom is -0.356 e. The number of halogens is 3. The molecule has 2 aromatic rings. The number of imidazole rings is 1. The molecule has 0 aliphatic carbocycles. The van der Waals surface area contributed by atoms with Gasteiger partial charge in [-0.15, -0.1) is 0 Å². The van der Waals surface area contributed by atoms with E-state index >= 15 is 0 Å². The molecular formula is C11H9I3N2O. The highest BCUT2D eigenvalue weighted by molar-refractivity contribution is 14.1. The van der Waals surface area contributed by atoms with E-state index in [1.165, 1.54) is 5.56 Å². The maximum Gasteiger partial charge on any atom is 0.175 e. The maximum absolute atomic E-state index is 5.69. The fraction of sp³-hybridized carbons (Fsp3) is 0.182. The molecule has 0 atom stereocenters. The molecule has 3 nitrogen and oxygen atoms in total. The average Bonchev–Trinajstić information content (AvgIpc) is 2.57. The van der Waals surface area contributed by atoms with Gasteiger partial charge in [0.05, 0.1) is 6.61 Å². The lowest BCUT2D eigenvalue weighted by Crippen LogP contribution is -2.06. The summed E-state index contributed by atoms with van der Waals surface area (Å²) in [5.41, 5.74) is 1.19. The van der Waals surface area contributed by atoms with Gasteiger partial charge in [0, 0.05) is 22.6 Å². The van der Waals surface area contributed by atoms with Gasteiger partial charge in [-0.3, -0.25) is 4.57 Å². The van der Waals surface area contributed by atoms with Crippen molar-refractivity contribution in [1.82, 2.24) is 9.55 Å². The molecule has 0 saturated heterocycles. The van der Waals surface area contributed by atoms with Crippen LogP contribution in [0.15, 0.2) is 30.3 Å². The van der Waals surface area contributed by atoms with Gasteiger partial charge in [-0.1, -0.05) is 30.3 Å². The number of hydrogen-bond donors (Lipinski definition) is 0. The van der Waals surface area contributed by atoms with Crippen LogP contribution in [0.1, 0.15) is 5.56 Å². The summed E-state index contributed by atoms with van der Waals surface area (Å²) < 4.78 is 10.9. The largest absolute Gasteiger partial charge is 0.356 e. The number of hydrogen-bond acceptors (Lipinski definition) is 2. The Kier molecular flexibility index (Phi) is 5.49. The maximum atomic E-state index is 5.69. The van der Waals surface area contributed by atoms with Gasteiger partial charge in [0.1, 0.15) is 14.1 Å². The Labute approximate surface area is 141 Å². The lowest BCUT2D eigenvalue weighted by molar-refractivity contribution is 0.0608. The third kappa shape index (κ3) is 3.77. The van der Waals surface area contributed by atoms with Gasteiger partial charge in [0.25, 0.3) is 0 Å².